The van der Waals surface area contributed by atoms with Gasteiger partial charge in [-0.15, -0.1) is 0 Å². The minimum Gasteiger partial charge on any atom is -0.492 e. The number of benzene rings is 2. The number of primary sulfonamides is 1. The number of hydrogen-bond acceptors (Lipinski definition) is 4. The summed E-state index contributed by atoms with van der Waals surface area (Å²) < 4.78 is 27.9. The van der Waals surface area contributed by atoms with E-state index in [1.54, 1.807) is 7.05 Å². The number of hydrogen-bond donors (Lipinski definition) is 2. The second-order valence-electron chi connectivity index (χ2n) is 5.08. The third-order valence-electron chi connectivity index (χ3n) is 3.22. The number of sulfonamides is 1. The molecule has 24 heavy (non-hydrogen) atoms. The summed E-state index contributed by atoms with van der Waals surface area (Å²) >= 11 is 0. The summed E-state index contributed by atoms with van der Waals surface area (Å²) in [4.78, 5) is 13.5. The molecular formula is C16H19N3O4S. The Morgan fingerprint density at radius 2 is 1.75 bits per heavy atom. The Kier molecular flexibility index (Phi) is 5.78. The molecule has 0 heterocycles. The van der Waals surface area contributed by atoms with Crippen LogP contribution in [-0.4, -0.2) is 39.5 Å². The highest BCUT2D eigenvalue weighted by molar-refractivity contribution is 7.89. The molecule has 0 fully saturated rings. The first kappa shape index (κ1) is 17.8. The molecule has 2 aromatic carbocycles. The van der Waals surface area contributed by atoms with Gasteiger partial charge >= 0.3 is 6.03 Å². The van der Waals surface area contributed by atoms with E-state index in [-0.39, 0.29) is 10.9 Å². The molecule has 2 rings (SSSR count). The van der Waals surface area contributed by atoms with Crippen LogP contribution in [0, 0.1) is 0 Å². The molecule has 3 N–H and O–H groups in total. The number of amides is 2. The van der Waals surface area contributed by atoms with Crippen LogP contribution in [0.4, 0.5) is 10.5 Å². The number of anilines is 1. The lowest BCUT2D eigenvalue weighted by Crippen LogP contribution is -2.34. The fraction of sp³-hybridized carbons (Fsp3) is 0.188. The number of nitrogens with one attached hydrogen (secondary N) is 1. The van der Waals surface area contributed by atoms with Gasteiger partial charge in [-0.1, -0.05) is 18.2 Å². The lowest BCUT2D eigenvalue weighted by Gasteiger charge is -2.18. The molecule has 0 unspecified atom stereocenters. The van der Waals surface area contributed by atoms with Gasteiger partial charge in [0.25, 0.3) is 0 Å². The van der Waals surface area contributed by atoms with E-state index in [1.807, 2.05) is 30.3 Å². The van der Waals surface area contributed by atoms with E-state index in [9.17, 15) is 13.2 Å². The second-order valence-corrected chi connectivity index (χ2v) is 6.64. The molecule has 7 nitrogen and oxygen atoms in total. The maximum Gasteiger partial charge on any atom is 0.321 e. The maximum atomic E-state index is 12.1. The number of likely N-dealkylation sites (N-methyl/N-ethyl adjacent to an activating group) is 1. The lowest BCUT2D eigenvalue weighted by atomic mass is 10.3. The predicted molar refractivity (Wildman–Crippen MR) is 91.4 cm³/mol. The second kappa shape index (κ2) is 7.80. The molecule has 0 atom stereocenters. The van der Waals surface area contributed by atoms with Crippen LogP contribution in [0.5, 0.6) is 5.75 Å². The molecule has 0 spiro atoms. The molecule has 2 amide bonds. The van der Waals surface area contributed by atoms with Gasteiger partial charge in [0, 0.05) is 12.7 Å². The minimum absolute atomic E-state index is 0.00915. The Bertz CT molecular complexity index is 777. The quantitative estimate of drug-likeness (QED) is 0.831. The van der Waals surface area contributed by atoms with E-state index in [4.69, 9.17) is 9.88 Å². The van der Waals surface area contributed by atoms with E-state index in [0.717, 1.165) is 5.75 Å². The highest BCUT2D eigenvalue weighted by atomic mass is 32.2. The fourth-order valence-electron chi connectivity index (χ4n) is 1.87. The fourth-order valence-corrected chi connectivity index (χ4v) is 2.38. The lowest BCUT2D eigenvalue weighted by molar-refractivity contribution is 0.207. The molecule has 128 valence electrons. The van der Waals surface area contributed by atoms with Gasteiger partial charge in [0.15, 0.2) is 0 Å². The highest BCUT2D eigenvalue weighted by Crippen LogP contribution is 2.13. The van der Waals surface area contributed by atoms with Crippen LogP contribution in [0.25, 0.3) is 0 Å². The molecule has 0 radical (unpaired) electrons. The first-order valence-electron chi connectivity index (χ1n) is 7.19. The third-order valence-corrected chi connectivity index (χ3v) is 4.15. The molecule has 0 saturated carbocycles. The molecular weight excluding hydrogens is 330 g/mol. The molecule has 0 aliphatic heterocycles. The average Bonchev–Trinajstić information content (AvgIpc) is 2.55. The Morgan fingerprint density at radius 1 is 1.12 bits per heavy atom. The summed E-state index contributed by atoms with van der Waals surface area (Å²) in [6, 6.07) is 14.6. The number of carbonyl (C=O) groups is 1. The molecule has 0 aromatic heterocycles. The van der Waals surface area contributed by atoms with Crippen LogP contribution in [0.1, 0.15) is 0 Å². The highest BCUT2D eigenvalue weighted by Gasteiger charge is 2.11. The first-order chi connectivity index (χ1) is 11.4. The molecule has 0 aliphatic rings. The van der Waals surface area contributed by atoms with Crippen molar-refractivity contribution in [2.24, 2.45) is 5.14 Å². The van der Waals surface area contributed by atoms with Gasteiger partial charge in [-0.05, 0) is 36.4 Å². The summed E-state index contributed by atoms with van der Waals surface area (Å²) in [6.07, 6.45) is 0. The SMILES string of the molecule is CN(CCOc1ccccc1)C(=O)Nc1ccc(S(N)(=O)=O)cc1. The standard InChI is InChI=1S/C16H19N3O4S/c1-19(11-12-23-14-5-3-2-4-6-14)16(20)18-13-7-9-15(10-8-13)24(17,21)22/h2-10H,11-12H2,1H3,(H,18,20)(H2,17,21,22). The van der Waals surface area contributed by atoms with Gasteiger partial charge in [-0.25, -0.2) is 18.4 Å². The molecule has 0 aliphatic carbocycles. The number of carbonyl (C=O) groups excluding carboxylic acids is 1. The van der Waals surface area contributed by atoms with Crippen molar-refractivity contribution >= 4 is 21.7 Å². The van der Waals surface area contributed by atoms with E-state index in [1.165, 1.54) is 29.2 Å². The van der Waals surface area contributed by atoms with E-state index in [2.05, 4.69) is 5.32 Å². The third kappa shape index (κ3) is 5.25. The van der Waals surface area contributed by atoms with Crippen molar-refractivity contribution in [3.8, 4) is 5.75 Å². The van der Waals surface area contributed by atoms with Gasteiger partial charge in [0.2, 0.25) is 10.0 Å². The van der Waals surface area contributed by atoms with Gasteiger partial charge in [0.05, 0.1) is 11.4 Å². The normalized spacial score (nSPS) is 10.9. The summed E-state index contributed by atoms with van der Waals surface area (Å²) in [5.41, 5.74) is 0.475. The smallest absolute Gasteiger partial charge is 0.321 e. The molecule has 8 heteroatoms. The molecule has 2 aromatic rings. The average molecular weight is 349 g/mol. The van der Waals surface area contributed by atoms with Crippen LogP contribution in [0.15, 0.2) is 59.5 Å². The zero-order valence-electron chi connectivity index (χ0n) is 13.2. The van der Waals surface area contributed by atoms with Crippen LogP contribution in [0.3, 0.4) is 0 Å². The van der Waals surface area contributed by atoms with Crippen molar-refractivity contribution < 1.29 is 17.9 Å². The van der Waals surface area contributed by atoms with Crippen molar-refractivity contribution in [2.75, 3.05) is 25.5 Å². The van der Waals surface area contributed by atoms with E-state index >= 15 is 0 Å². The first-order valence-corrected chi connectivity index (χ1v) is 8.74. The Morgan fingerprint density at radius 3 is 2.33 bits per heavy atom. The number of urea groups is 1. The summed E-state index contributed by atoms with van der Waals surface area (Å²) in [7, 11) is -2.10. The number of rotatable bonds is 6. The van der Waals surface area contributed by atoms with Crippen molar-refractivity contribution in [3.05, 3.63) is 54.6 Å². The van der Waals surface area contributed by atoms with Gasteiger partial charge in [0.1, 0.15) is 12.4 Å². The Labute approximate surface area is 141 Å². The Hall–Kier alpha value is -2.58. The number of para-hydroxylation sites is 1. The molecule has 0 saturated heterocycles. The van der Waals surface area contributed by atoms with Crippen LogP contribution in [-0.2, 0) is 10.0 Å². The number of ether oxygens (including phenoxy) is 1. The van der Waals surface area contributed by atoms with Crippen molar-refractivity contribution in [1.29, 1.82) is 0 Å². The van der Waals surface area contributed by atoms with Crippen molar-refractivity contribution in [1.82, 2.24) is 4.90 Å². The van der Waals surface area contributed by atoms with Crippen LogP contribution in [0.2, 0.25) is 0 Å². The van der Waals surface area contributed by atoms with Crippen molar-refractivity contribution in [2.45, 2.75) is 4.90 Å². The monoisotopic (exact) mass is 349 g/mol. The van der Waals surface area contributed by atoms with E-state index < -0.39 is 10.0 Å². The zero-order chi connectivity index (χ0) is 17.6. The predicted octanol–water partition coefficient (Wildman–Crippen LogP) is 1.88. The van der Waals surface area contributed by atoms with Crippen LogP contribution >= 0.6 is 0 Å². The van der Waals surface area contributed by atoms with Gasteiger partial charge in [-0.3, -0.25) is 0 Å². The topological polar surface area (TPSA) is 102 Å². The summed E-state index contributed by atoms with van der Waals surface area (Å²) in [6.45, 7) is 0.758. The molecule has 0 bridgehead atoms. The number of nitrogens with zero attached hydrogens (tertiary/aromatic N) is 1. The Balaban J connectivity index is 1.83. The minimum atomic E-state index is -3.74. The van der Waals surface area contributed by atoms with Crippen LogP contribution < -0.4 is 15.2 Å². The summed E-state index contributed by atoms with van der Waals surface area (Å²) in [5.74, 6) is 0.741. The number of nitrogens with two attached hydrogens (primary N) is 1. The van der Waals surface area contributed by atoms with Gasteiger partial charge < -0.3 is 15.0 Å². The van der Waals surface area contributed by atoms with Crippen molar-refractivity contribution in [3.63, 3.8) is 0 Å². The summed E-state index contributed by atoms with van der Waals surface area (Å²) in [5, 5.41) is 7.69. The van der Waals surface area contributed by atoms with E-state index in [0.29, 0.717) is 18.8 Å². The maximum absolute atomic E-state index is 12.1. The van der Waals surface area contributed by atoms with Gasteiger partial charge in [-0.2, -0.15) is 0 Å². The zero-order valence-corrected chi connectivity index (χ0v) is 14.0. The largest absolute Gasteiger partial charge is 0.492 e.